The minimum Gasteiger partial charge on any atom is -0.481 e. The number of thioether (sulfide) groups is 1. The van der Waals surface area contributed by atoms with E-state index in [1.807, 2.05) is 0 Å². The summed E-state index contributed by atoms with van der Waals surface area (Å²) >= 11 is 1.34. The highest BCUT2D eigenvalue weighted by Gasteiger charge is 2.62. The van der Waals surface area contributed by atoms with Crippen LogP contribution in [0.3, 0.4) is 0 Å². The van der Waals surface area contributed by atoms with Crippen LogP contribution in [0.4, 0.5) is 0 Å². The second-order valence-electron chi connectivity index (χ2n) is 7.82. The predicted octanol–water partition coefficient (Wildman–Crippen LogP) is 1.89. The fraction of sp³-hybridized carbons (Fsp3) is 0.545. The van der Waals surface area contributed by atoms with Crippen molar-refractivity contribution in [1.29, 1.82) is 0 Å². The number of hydrogen-bond donors (Lipinski definition) is 3. The van der Waals surface area contributed by atoms with Crippen LogP contribution in [-0.2, 0) is 24.2 Å². The Bertz CT molecular complexity index is 998. The van der Waals surface area contributed by atoms with Gasteiger partial charge in [-0.2, -0.15) is 11.8 Å². The van der Waals surface area contributed by atoms with E-state index < -0.39 is 25.4 Å². The highest BCUT2D eigenvalue weighted by Crippen LogP contribution is 2.44. The van der Waals surface area contributed by atoms with Gasteiger partial charge in [-0.25, -0.2) is 13.9 Å². The molecule has 3 N–H and O–H groups in total. The first-order valence-corrected chi connectivity index (χ1v) is 13.0. The Labute approximate surface area is 198 Å². The SMILES string of the molecule is CC(=O)OCCCCC#CCOc1ccc(S(=O)(=O)[C@]2(C(=O)NO)NCCSC2(C)C)cc1. The second-order valence-corrected chi connectivity index (χ2v) is 11.6. The molecule has 182 valence electrons. The predicted molar refractivity (Wildman–Crippen MR) is 125 cm³/mol. The molecule has 1 aromatic carbocycles. The van der Waals surface area contributed by atoms with Crippen molar-refractivity contribution in [2.75, 3.05) is 25.5 Å². The van der Waals surface area contributed by atoms with Crippen molar-refractivity contribution < 1.29 is 32.7 Å². The first-order chi connectivity index (χ1) is 15.6. The molecular formula is C22H30N2O7S2. The molecule has 1 amide bonds. The fourth-order valence-corrected chi connectivity index (χ4v) is 7.17. The smallest absolute Gasteiger partial charge is 0.302 e. The average molecular weight is 499 g/mol. The first-order valence-electron chi connectivity index (χ1n) is 10.5. The van der Waals surface area contributed by atoms with Gasteiger partial charge >= 0.3 is 5.97 Å². The van der Waals surface area contributed by atoms with Crippen molar-refractivity contribution in [2.24, 2.45) is 0 Å². The minimum atomic E-state index is -4.22. The lowest BCUT2D eigenvalue weighted by molar-refractivity contribution is -0.141. The number of carbonyl (C=O) groups is 2. The summed E-state index contributed by atoms with van der Waals surface area (Å²) in [4.78, 5) is 21.2. The molecule has 1 aliphatic rings. The Morgan fingerprint density at radius 3 is 2.52 bits per heavy atom. The molecule has 1 saturated heterocycles. The van der Waals surface area contributed by atoms with E-state index in [9.17, 15) is 23.2 Å². The van der Waals surface area contributed by atoms with Gasteiger partial charge in [0.1, 0.15) is 12.4 Å². The molecule has 11 heteroatoms. The summed E-state index contributed by atoms with van der Waals surface area (Å²) in [6.07, 6.45) is 2.20. The number of benzene rings is 1. The Morgan fingerprint density at radius 2 is 1.91 bits per heavy atom. The lowest BCUT2D eigenvalue weighted by atomic mass is 10.0. The maximum Gasteiger partial charge on any atom is 0.302 e. The van der Waals surface area contributed by atoms with Crippen LogP contribution in [0.1, 0.15) is 40.0 Å². The van der Waals surface area contributed by atoms with Gasteiger partial charge in [-0.1, -0.05) is 11.8 Å². The number of hydrogen-bond acceptors (Lipinski definition) is 9. The molecule has 33 heavy (non-hydrogen) atoms. The van der Waals surface area contributed by atoms with Gasteiger partial charge in [0, 0.05) is 25.6 Å². The molecule has 1 fully saturated rings. The van der Waals surface area contributed by atoms with Crippen LogP contribution in [0.2, 0.25) is 0 Å². The summed E-state index contributed by atoms with van der Waals surface area (Å²) in [5.74, 6) is 5.59. The largest absolute Gasteiger partial charge is 0.481 e. The lowest BCUT2D eigenvalue weighted by Crippen LogP contribution is -2.73. The quantitative estimate of drug-likeness (QED) is 0.154. The number of unbranched alkanes of at least 4 members (excludes halogenated alkanes) is 2. The van der Waals surface area contributed by atoms with Crippen LogP contribution in [-0.4, -0.2) is 60.6 Å². The molecule has 0 aliphatic carbocycles. The van der Waals surface area contributed by atoms with E-state index in [0.29, 0.717) is 31.1 Å². The molecular weight excluding hydrogens is 468 g/mol. The Morgan fingerprint density at radius 1 is 1.21 bits per heavy atom. The maximum atomic E-state index is 13.5. The maximum absolute atomic E-state index is 13.5. The monoisotopic (exact) mass is 498 g/mol. The van der Waals surface area contributed by atoms with E-state index in [1.165, 1.54) is 48.4 Å². The van der Waals surface area contributed by atoms with Crippen LogP contribution < -0.4 is 15.5 Å². The number of rotatable bonds is 9. The summed E-state index contributed by atoms with van der Waals surface area (Å²) in [5.41, 5.74) is 1.52. The summed E-state index contributed by atoms with van der Waals surface area (Å²) in [6.45, 7) is 5.50. The third kappa shape index (κ3) is 6.20. The summed E-state index contributed by atoms with van der Waals surface area (Å²) < 4.78 is 36.4. The number of carbonyl (C=O) groups excluding carboxylic acids is 2. The minimum absolute atomic E-state index is 0.0691. The molecule has 1 atom stereocenters. The van der Waals surface area contributed by atoms with Crippen LogP contribution in [0, 0.1) is 11.8 Å². The summed E-state index contributed by atoms with van der Waals surface area (Å²) in [7, 11) is -4.22. The van der Waals surface area contributed by atoms with Gasteiger partial charge in [0.05, 0.1) is 16.2 Å². The van der Waals surface area contributed by atoms with Gasteiger partial charge in [0.15, 0.2) is 0 Å². The molecule has 0 radical (unpaired) electrons. The Kier molecular flexibility index (Phi) is 9.60. The molecule has 0 spiro atoms. The van der Waals surface area contributed by atoms with E-state index in [1.54, 1.807) is 13.8 Å². The molecule has 9 nitrogen and oxygen atoms in total. The Balaban J connectivity index is 2.03. The highest BCUT2D eigenvalue weighted by molar-refractivity contribution is 8.02. The number of esters is 1. The molecule has 0 bridgehead atoms. The van der Waals surface area contributed by atoms with Gasteiger partial charge < -0.3 is 9.47 Å². The number of ether oxygens (including phenoxy) is 2. The Hall–Kier alpha value is -2.26. The van der Waals surface area contributed by atoms with Crippen molar-refractivity contribution >= 4 is 33.5 Å². The fourth-order valence-electron chi connectivity index (χ4n) is 3.50. The topological polar surface area (TPSA) is 131 Å². The third-order valence-electron chi connectivity index (χ3n) is 5.18. The molecule has 1 aliphatic heterocycles. The van der Waals surface area contributed by atoms with E-state index in [-0.39, 0.29) is 17.5 Å². The number of sulfone groups is 1. The van der Waals surface area contributed by atoms with Crippen molar-refractivity contribution in [3.8, 4) is 17.6 Å². The van der Waals surface area contributed by atoms with Crippen molar-refractivity contribution in [2.45, 2.75) is 54.5 Å². The van der Waals surface area contributed by atoms with Crippen LogP contribution >= 0.6 is 11.8 Å². The van der Waals surface area contributed by atoms with E-state index in [0.717, 1.165) is 12.8 Å². The molecule has 2 rings (SSSR count). The van der Waals surface area contributed by atoms with Crippen molar-refractivity contribution in [1.82, 2.24) is 10.8 Å². The van der Waals surface area contributed by atoms with Gasteiger partial charge in [-0.15, -0.1) is 0 Å². The van der Waals surface area contributed by atoms with E-state index in [4.69, 9.17) is 9.47 Å². The van der Waals surface area contributed by atoms with Gasteiger partial charge in [-0.05, 0) is 51.0 Å². The molecule has 1 heterocycles. The van der Waals surface area contributed by atoms with E-state index in [2.05, 4.69) is 17.2 Å². The zero-order chi connectivity index (χ0) is 24.5. The van der Waals surface area contributed by atoms with Crippen molar-refractivity contribution in [3.05, 3.63) is 24.3 Å². The summed E-state index contributed by atoms with van der Waals surface area (Å²) in [5, 5.41) is 12.1. The number of nitrogens with one attached hydrogen (secondary N) is 2. The highest BCUT2D eigenvalue weighted by atomic mass is 32.2. The zero-order valence-corrected chi connectivity index (χ0v) is 20.6. The van der Waals surface area contributed by atoms with Crippen LogP contribution in [0.5, 0.6) is 5.75 Å². The molecule has 0 unspecified atom stereocenters. The van der Waals surface area contributed by atoms with Crippen LogP contribution in [0.15, 0.2) is 29.2 Å². The lowest BCUT2D eigenvalue weighted by Gasteiger charge is -2.47. The van der Waals surface area contributed by atoms with Gasteiger partial charge in [0.25, 0.3) is 5.91 Å². The number of hydroxylamine groups is 1. The van der Waals surface area contributed by atoms with E-state index >= 15 is 0 Å². The molecule has 1 aromatic rings. The average Bonchev–Trinajstić information content (AvgIpc) is 2.77. The third-order valence-corrected chi connectivity index (χ3v) is 9.29. The number of amides is 1. The standard InChI is InChI=1S/C22H30N2O7S2/c1-17(25)30-14-7-5-4-6-8-15-31-18-9-11-19(12-10-18)33(28,29)22(20(26)24-27)21(2,3)32-16-13-23-22/h9-12,23,27H,4-5,7,13-16H2,1-3H3,(H,24,26)/t22-/m0/s1. The first kappa shape index (κ1) is 27.0. The van der Waals surface area contributed by atoms with Gasteiger partial charge in [-0.3, -0.25) is 20.1 Å². The van der Waals surface area contributed by atoms with Crippen LogP contribution in [0.25, 0.3) is 0 Å². The van der Waals surface area contributed by atoms with Crippen molar-refractivity contribution in [3.63, 3.8) is 0 Å². The molecule has 0 saturated carbocycles. The van der Waals surface area contributed by atoms with Gasteiger partial charge in [0.2, 0.25) is 14.7 Å². The molecule has 0 aromatic heterocycles. The normalized spacial score (nSPS) is 19.6. The second kappa shape index (κ2) is 11.7. The zero-order valence-electron chi connectivity index (χ0n) is 19.0. The summed E-state index contributed by atoms with van der Waals surface area (Å²) in [6, 6.07) is 5.75.